The van der Waals surface area contributed by atoms with Crippen molar-refractivity contribution in [2.24, 2.45) is 4.99 Å². The van der Waals surface area contributed by atoms with Crippen molar-refractivity contribution in [3.8, 4) is 16.9 Å². The normalized spacial score (nSPS) is 15.6. The number of hydrogen-bond acceptors (Lipinski definition) is 2. The van der Waals surface area contributed by atoms with E-state index in [2.05, 4.69) is 41.4 Å². The molecule has 0 bridgehead atoms. The lowest BCUT2D eigenvalue weighted by atomic mass is 9.87. The first-order valence-electron chi connectivity index (χ1n) is 10.3. The number of rotatable bonds is 4. The Morgan fingerprint density at radius 2 is 1.39 bits per heavy atom. The molecule has 0 aliphatic heterocycles. The molecule has 4 rings (SSSR count). The van der Waals surface area contributed by atoms with Gasteiger partial charge in [0, 0.05) is 11.8 Å². The summed E-state index contributed by atoms with van der Waals surface area (Å²) in [6.45, 7) is 0. The van der Waals surface area contributed by atoms with Crippen molar-refractivity contribution in [1.82, 2.24) is 0 Å². The first-order valence-corrected chi connectivity index (χ1v) is 10.3. The average molecular weight is 370 g/mol. The Hall–Kier alpha value is -2.87. The average Bonchev–Trinajstić information content (AvgIpc) is 3.04. The highest BCUT2D eigenvalue weighted by molar-refractivity contribution is 5.88. The van der Waals surface area contributed by atoms with Crippen LogP contribution in [0.5, 0.6) is 5.75 Å². The van der Waals surface area contributed by atoms with Gasteiger partial charge in [-0.3, -0.25) is 4.99 Å². The van der Waals surface area contributed by atoms with E-state index in [9.17, 15) is 5.11 Å². The smallest absolute Gasteiger partial charge is 0.127 e. The van der Waals surface area contributed by atoms with Gasteiger partial charge in [0.2, 0.25) is 0 Å². The van der Waals surface area contributed by atoms with Crippen molar-refractivity contribution in [3.05, 3.63) is 83.9 Å². The lowest BCUT2D eigenvalue weighted by Gasteiger charge is -2.19. The Morgan fingerprint density at radius 1 is 0.750 bits per heavy atom. The minimum atomic E-state index is 0.395. The molecule has 1 fully saturated rings. The van der Waals surface area contributed by atoms with Gasteiger partial charge in [-0.05, 0) is 59.7 Å². The second kappa shape index (κ2) is 8.88. The van der Waals surface area contributed by atoms with Gasteiger partial charge >= 0.3 is 0 Å². The lowest BCUT2D eigenvalue weighted by molar-refractivity contribution is 0.453. The quantitative estimate of drug-likeness (QED) is 0.381. The van der Waals surface area contributed by atoms with Crippen molar-refractivity contribution >= 4 is 11.9 Å². The Kier molecular flexibility index (Phi) is 5.86. The van der Waals surface area contributed by atoms with E-state index in [0.29, 0.717) is 11.7 Å². The van der Waals surface area contributed by atoms with Crippen LogP contribution in [0.1, 0.15) is 55.6 Å². The van der Waals surface area contributed by atoms with E-state index >= 15 is 0 Å². The predicted molar refractivity (Wildman–Crippen MR) is 118 cm³/mol. The highest BCUT2D eigenvalue weighted by Crippen LogP contribution is 2.40. The van der Waals surface area contributed by atoms with E-state index in [1.807, 2.05) is 36.4 Å². The van der Waals surface area contributed by atoms with E-state index in [1.165, 1.54) is 31.2 Å². The molecule has 2 nitrogen and oxygen atoms in total. The summed E-state index contributed by atoms with van der Waals surface area (Å²) in [7, 11) is 0. The van der Waals surface area contributed by atoms with E-state index in [-0.39, 0.29) is 0 Å². The summed E-state index contributed by atoms with van der Waals surface area (Å²) in [5, 5.41) is 11.1. The molecule has 28 heavy (non-hydrogen) atoms. The fraction of sp³-hybridized carbons (Fsp3) is 0.269. The van der Waals surface area contributed by atoms with Crippen LogP contribution in [0.2, 0.25) is 0 Å². The Bertz CT molecular complexity index is 923. The number of phenols is 1. The number of aliphatic imine (C=N–C) groups is 1. The SMILES string of the molecule is Oc1c(C=Nc2ccccc2)cc(-c2ccccc2)cc1C1CCCCCC1. The van der Waals surface area contributed by atoms with Crippen molar-refractivity contribution in [3.63, 3.8) is 0 Å². The number of benzene rings is 3. The second-order valence-corrected chi connectivity index (χ2v) is 7.65. The van der Waals surface area contributed by atoms with Crippen molar-refractivity contribution in [1.29, 1.82) is 0 Å². The third-order valence-corrected chi connectivity index (χ3v) is 5.68. The summed E-state index contributed by atoms with van der Waals surface area (Å²) >= 11 is 0. The van der Waals surface area contributed by atoms with Crippen LogP contribution in [0.4, 0.5) is 5.69 Å². The van der Waals surface area contributed by atoms with Crippen molar-refractivity contribution in [2.75, 3.05) is 0 Å². The zero-order valence-corrected chi connectivity index (χ0v) is 16.2. The largest absolute Gasteiger partial charge is 0.507 e. The van der Waals surface area contributed by atoms with E-state index in [4.69, 9.17) is 0 Å². The van der Waals surface area contributed by atoms with Crippen molar-refractivity contribution < 1.29 is 5.11 Å². The fourth-order valence-electron chi connectivity index (χ4n) is 4.14. The third kappa shape index (κ3) is 4.33. The molecule has 3 aromatic rings. The van der Waals surface area contributed by atoms with Gasteiger partial charge in [0.25, 0.3) is 0 Å². The highest BCUT2D eigenvalue weighted by atomic mass is 16.3. The maximum Gasteiger partial charge on any atom is 0.127 e. The summed E-state index contributed by atoms with van der Waals surface area (Å²) in [5.74, 6) is 0.821. The van der Waals surface area contributed by atoms with E-state index < -0.39 is 0 Å². The molecule has 0 atom stereocenters. The number of phenolic OH excluding ortho intramolecular Hbond substituents is 1. The number of aromatic hydroxyl groups is 1. The Balaban J connectivity index is 1.77. The molecule has 0 unspecified atom stereocenters. The molecule has 0 saturated heterocycles. The minimum Gasteiger partial charge on any atom is -0.507 e. The minimum absolute atomic E-state index is 0.395. The number of hydrogen-bond donors (Lipinski definition) is 1. The van der Waals surface area contributed by atoms with E-state index in [0.717, 1.165) is 35.2 Å². The standard InChI is InChI=1S/C26H27NO/c28-26-23(19-27-24-15-9-4-10-16-24)17-22(20-11-7-3-8-12-20)18-25(26)21-13-5-1-2-6-14-21/h3-4,7-12,15-19,21,28H,1-2,5-6,13-14H2. The van der Waals surface area contributed by atoms with Crippen LogP contribution in [0.25, 0.3) is 11.1 Å². The van der Waals surface area contributed by atoms with Gasteiger partial charge < -0.3 is 5.11 Å². The highest BCUT2D eigenvalue weighted by Gasteiger charge is 2.20. The molecule has 1 saturated carbocycles. The van der Waals surface area contributed by atoms with Crippen LogP contribution < -0.4 is 0 Å². The van der Waals surface area contributed by atoms with Gasteiger partial charge in [-0.25, -0.2) is 0 Å². The van der Waals surface area contributed by atoms with Gasteiger partial charge in [0.15, 0.2) is 0 Å². The molecule has 1 N–H and O–H groups in total. The molecule has 0 radical (unpaired) electrons. The summed E-state index contributed by atoms with van der Waals surface area (Å²) in [6, 6.07) is 24.5. The first kappa shape index (κ1) is 18.5. The fourth-order valence-corrected chi connectivity index (χ4v) is 4.14. The van der Waals surface area contributed by atoms with Crippen LogP contribution in [0, 0.1) is 0 Å². The van der Waals surface area contributed by atoms with Gasteiger partial charge in [-0.2, -0.15) is 0 Å². The van der Waals surface area contributed by atoms with Crippen LogP contribution in [-0.2, 0) is 0 Å². The molecule has 1 aliphatic carbocycles. The summed E-state index contributed by atoms with van der Waals surface area (Å²) in [4.78, 5) is 4.59. The van der Waals surface area contributed by atoms with Crippen LogP contribution in [0.15, 0.2) is 77.8 Å². The van der Waals surface area contributed by atoms with Crippen molar-refractivity contribution in [2.45, 2.75) is 44.4 Å². The van der Waals surface area contributed by atoms with Gasteiger partial charge in [-0.1, -0.05) is 74.2 Å². The maximum atomic E-state index is 11.1. The van der Waals surface area contributed by atoms with E-state index in [1.54, 1.807) is 6.21 Å². The Morgan fingerprint density at radius 3 is 2.07 bits per heavy atom. The molecule has 2 heteroatoms. The molecule has 0 spiro atoms. The van der Waals surface area contributed by atoms with Gasteiger partial charge in [-0.15, -0.1) is 0 Å². The number of para-hydroxylation sites is 1. The van der Waals surface area contributed by atoms with Crippen LogP contribution >= 0.6 is 0 Å². The molecule has 0 aromatic heterocycles. The lowest BCUT2D eigenvalue weighted by Crippen LogP contribution is -2.01. The topological polar surface area (TPSA) is 32.6 Å². The molecule has 142 valence electrons. The molecule has 3 aromatic carbocycles. The zero-order valence-electron chi connectivity index (χ0n) is 16.2. The summed E-state index contributed by atoms with van der Waals surface area (Å²) < 4.78 is 0. The molecular weight excluding hydrogens is 342 g/mol. The number of nitrogens with zero attached hydrogens (tertiary/aromatic N) is 1. The molecule has 0 amide bonds. The monoisotopic (exact) mass is 369 g/mol. The van der Waals surface area contributed by atoms with Crippen LogP contribution in [-0.4, -0.2) is 11.3 Å². The summed E-state index contributed by atoms with van der Waals surface area (Å²) in [5.41, 5.74) is 5.09. The van der Waals surface area contributed by atoms with Gasteiger partial charge in [0.1, 0.15) is 5.75 Å². The maximum absolute atomic E-state index is 11.1. The molecule has 1 aliphatic rings. The zero-order chi connectivity index (χ0) is 19.2. The molecular formula is C26H27NO. The predicted octanol–water partition coefficient (Wildman–Crippen LogP) is 7.25. The first-order chi connectivity index (χ1) is 13.8. The molecule has 0 heterocycles. The van der Waals surface area contributed by atoms with Crippen LogP contribution in [0.3, 0.4) is 0 Å². The Labute approximate surface area is 167 Å². The summed E-state index contributed by atoms with van der Waals surface area (Å²) in [6.07, 6.45) is 9.20. The third-order valence-electron chi connectivity index (χ3n) is 5.68. The second-order valence-electron chi connectivity index (χ2n) is 7.65. The van der Waals surface area contributed by atoms with Gasteiger partial charge in [0.05, 0.1) is 5.69 Å².